The summed E-state index contributed by atoms with van der Waals surface area (Å²) in [6.45, 7) is 3.14. The van der Waals surface area contributed by atoms with Gasteiger partial charge in [-0.25, -0.2) is 9.78 Å². The number of rotatable bonds is 4. The van der Waals surface area contributed by atoms with Gasteiger partial charge in [-0.1, -0.05) is 29.2 Å². The topological polar surface area (TPSA) is 18.5 Å². The maximum Gasteiger partial charge on any atom is 0.186 e. The second-order valence-corrected chi connectivity index (χ2v) is 3.31. The third kappa shape index (κ3) is 1.93. The third-order valence-electron chi connectivity index (χ3n) is 2.32. The van der Waals surface area contributed by atoms with E-state index in [-0.39, 0.29) is 0 Å². The second kappa shape index (κ2) is 3.94. The van der Waals surface area contributed by atoms with Gasteiger partial charge < -0.3 is 0 Å². The Balaban J connectivity index is 1.82. The first-order valence-corrected chi connectivity index (χ1v) is 4.72. The minimum Gasteiger partial charge on any atom is -0.237 e. The molecule has 1 aliphatic heterocycles. The molecule has 0 amide bonds. The Hall–Kier alpha value is -0.795. The van der Waals surface area contributed by atoms with Crippen molar-refractivity contribution in [2.24, 2.45) is 0 Å². The van der Waals surface area contributed by atoms with Gasteiger partial charge in [-0.15, -0.1) is 0 Å². The Bertz CT molecular complexity index is 289. The molecule has 2 aliphatic rings. The van der Waals surface area contributed by atoms with E-state index in [1.807, 2.05) is 6.92 Å². The van der Waals surface area contributed by atoms with Crippen LogP contribution in [-0.2, 0) is 9.78 Å². The van der Waals surface area contributed by atoms with Gasteiger partial charge in [0.25, 0.3) is 0 Å². The fourth-order valence-electron chi connectivity index (χ4n) is 1.73. The van der Waals surface area contributed by atoms with E-state index >= 15 is 0 Å². The lowest BCUT2D eigenvalue weighted by Crippen LogP contribution is -2.04. The molecule has 0 fully saturated rings. The molecule has 0 saturated carbocycles. The standard InChI is InChI=1S/C10H13BO2/c1-2-12-13-7-9-6-8-4-3-5-10(8)11-9/h3-4,6,11H,2,5,7H2,1H3. The number of hydrogen-bond donors (Lipinski definition) is 0. The van der Waals surface area contributed by atoms with Crippen LogP contribution in [0.25, 0.3) is 0 Å². The minimum atomic E-state index is 0.606. The van der Waals surface area contributed by atoms with Gasteiger partial charge in [0.15, 0.2) is 7.28 Å². The molecule has 13 heavy (non-hydrogen) atoms. The van der Waals surface area contributed by atoms with Crippen molar-refractivity contribution in [3.05, 3.63) is 34.7 Å². The van der Waals surface area contributed by atoms with Crippen molar-refractivity contribution in [1.29, 1.82) is 0 Å². The van der Waals surface area contributed by atoms with Gasteiger partial charge in [0.2, 0.25) is 0 Å². The summed E-state index contributed by atoms with van der Waals surface area (Å²) in [6.07, 6.45) is 7.71. The quantitative estimate of drug-likeness (QED) is 0.279. The zero-order chi connectivity index (χ0) is 9.10. The molecule has 2 nitrogen and oxygen atoms in total. The molecule has 68 valence electrons. The summed E-state index contributed by atoms with van der Waals surface area (Å²) >= 11 is 0. The van der Waals surface area contributed by atoms with Gasteiger partial charge in [0.05, 0.1) is 13.2 Å². The van der Waals surface area contributed by atoms with Gasteiger partial charge in [0.1, 0.15) is 0 Å². The first kappa shape index (κ1) is 8.79. The highest BCUT2D eigenvalue weighted by Gasteiger charge is 2.17. The maximum atomic E-state index is 5.01. The van der Waals surface area contributed by atoms with Crippen molar-refractivity contribution in [2.45, 2.75) is 13.3 Å². The van der Waals surface area contributed by atoms with Crippen molar-refractivity contribution >= 4 is 7.28 Å². The van der Waals surface area contributed by atoms with Gasteiger partial charge in [0, 0.05) is 0 Å². The summed E-state index contributed by atoms with van der Waals surface area (Å²) in [4.78, 5) is 9.85. The van der Waals surface area contributed by atoms with Crippen LogP contribution in [0.3, 0.4) is 0 Å². The highest BCUT2D eigenvalue weighted by molar-refractivity contribution is 6.56. The molecule has 0 aromatic heterocycles. The van der Waals surface area contributed by atoms with Crippen LogP contribution in [0, 0.1) is 0 Å². The Morgan fingerprint density at radius 1 is 1.46 bits per heavy atom. The van der Waals surface area contributed by atoms with Crippen LogP contribution in [0.5, 0.6) is 0 Å². The Kier molecular flexibility index (Phi) is 2.66. The maximum absolute atomic E-state index is 5.01. The lowest BCUT2D eigenvalue weighted by molar-refractivity contribution is -0.283. The third-order valence-corrected chi connectivity index (χ3v) is 2.32. The molecule has 0 radical (unpaired) electrons. The average molecular weight is 176 g/mol. The fraction of sp³-hybridized carbons (Fsp3) is 0.400. The summed E-state index contributed by atoms with van der Waals surface area (Å²) in [5.74, 6) is 0. The molecule has 0 saturated heterocycles. The van der Waals surface area contributed by atoms with Crippen molar-refractivity contribution in [2.75, 3.05) is 13.2 Å². The van der Waals surface area contributed by atoms with E-state index in [1.165, 1.54) is 16.5 Å². The molecule has 0 unspecified atom stereocenters. The first-order chi connectivity index (χ1) is 6.40. The molecule has 0 atom stereocenters. The summed E-state index contributed by atoms with van der Waals surface area (Å²) in [5, 5.41) is 0. The van der Waals surface area contributed by atoms with Crippen LogP contribution in [0.4, 0.5) is 0 Å². The van der Waals surface area contributed by atoms with Gasteiger partial charge in [-0.2, -0.15) is 0 Å². The zero-order valence-electron chi connectivity index (χ0n) is 7.88. The zero-order valence-corrected chi connectivity index (χ0v) is 7.88. The van der Waals surface area contributed by atoms with Crippen molar-refractivity contribution in [3.8, 4) is 0 Å². The van der Waals surface area contributed by atoms with E-state index in [0.29, 0.717) is 13.2 Å². The molecule has 0 bridgehead atoms. The lowest BCUT2D eigenvalue weighted by atomic mass is 9.65. The predicted molar refractivity (Wildman–Crippen MR) is 53.6 cm³/mol. The summed E-state index contributed by atoms with van der Waals surface area (Å²) in [5.41, 5.74) is 4.23. The van der Waals surface area contributed by atoms with Crippen LogP contribution in [0.2, 0.25) is 0 Å². The largest absolute Gasteiger partial charge is 0.237 e. The van der Waals surface area contributed by atoms with Gasteiger partial charge in [-0.05, 0) is 18.9 Å². The summed E-state index contributed by atoms with van der Waals surface area (Å²) in [7, 11) is 1.06. The number of hydrogen-bond acceptors (Lipinski definition) is 2. The smallest absolute Gasteiger partial charge is 0.186 e. The Morgan fingerprint density at radius 3 is 3.15 bits per heavy atom. The molecule has 3 heteroatoms. The molecule has 1 aliphatic carbocycles. The van der Waals surface area contributed by atoms with Gasteiger partial charge >= 0.3 is 0 Å². The molecular weight excluding hydrogens is 163 g/mol. The molecule has 1 heterocycles. The van der Waals surface area contributed by atoms with Crippen LogP contribution in [0.15, 0.2) is 34.7 Å². The highest BCUT2D eigenvalue weighted by Crippen LogP contribution is 2.27. The molecular formula is C10H13BO2. The molecule has 2 rings (SSSR count). The summed E-state index contributed by atoms with van der Waals surface area (Å²) < 4.78 is 0. The van der Waals surface area contributed by atoms with E-state index in [9.17, 15) is 0 Å². The first-order valence-electron chi connectivity index (χ1n) is 4.72. The van der Waals surface area contributed by atoms with Crippen molar-refractivity contribution < 1.29 is 9.78 Å². The van der Waals surface area contributed by atoms with E-state index in [0.717, 1.165) is 13.7 Å². The van der Waals surface area contributed by atoms with Gasteiger partial charge in [-0.3, -0.25) is 0 Å². The highest BCUT2D eigenvalue weighted by atomic mass is 17.2. The van der Waals surface area contributed by atoms with E-state index < -0.39 is 0 Å². The van der Waals surface area contributed by atoms with Crippen LogP contribution in [-0.4, -0.2) is 20.5 Å². The van der Waals surface area contributed by atoms with E-state index in [4.69, 9.17) is 9.78 Å². The van der Waals surface area contributed by atoms with E-state index in [2.05, 4.69) is 18.2 Å². The van der Waals surface area contributed by atoms with Crippen LogP contribution >= 0.6 is 0 Å². The van der Waals surface area contributed by atoms with Crippen LogP contribution in [0.1, 0.15) is 13.3 Å². The normalized spacial score (nSPS) is 19.0. The molecule has 0 aromatic carbocycles. The summed E-state index contributed by atoms with van der Waals surface area (Å²) in [6, 6.07) is 0. The van der Waals surface area contributed by atoms with Crippen molar-refractivity contribution in [1.82, 2.24) is 0 Å². The monoisotopic (exact) mass is 176 g/mol. The molecule has 0 N–H and O–H groups in total. The Morgan fingerprint density at radius 2 is 2.38 bits per heavy atom. The predicted octanol–water partition coefficient (Wildman–Crippen LogP) is 1.50. The minimum absolute atomic E-state index is 0.606. The SMILES string of the molecule is CCOOCC1=CC2=C(B1)CC=C2. The lowest BCUT2D eigenvalue weighted by Gasteiger charge is -2.02. The molecule has 0 spiro atoms. The Labute approximate surface area is 79.1 Å². The second-order valence-electron chi connectivity index (χ2n) is 3.31. The van der Waals surface area contributed by atoms with Crippen LogP contribution < -0.4 is 0 Å². The van der Waals surface area contributed by atoms with Crippen molar-refractivity contribution in [3.63, 3.8) is 0 Å². The molecule has 0 aromatic rings. The fourth-order valence-corrected chi connectivity index (χ4v) is 1.73. The number of allylic oxidation sites excluding steroid dienone is 5. The van der Waals surface area contributed by atoms with E-state index in [1.54, 1.807) is 0 Å². The average Bonchev–Trinajstić information content (AvgIpc) is 2.64.